The molecule has 1 unspecified atom stereocenters. The van der Waals surface area contributed by atoms with Crippen molar-refractivity contribution in [1.29, 1.82) is 0 Å². The van der Waals surface area contributed by atoms with Crippen LogP contribution in [-0.4, -0.2) is 36.9 Å². The van der Waals surface area contributed by atoms with Crippen molar-refractivity contribution in [3.8, 4) is 5.75 Å². The molecule has 1 N–H and O–H groups in total. The van der Waals surface area contributed by atoms with Crippen molar-refractivity contribution in [2.45, 2.75) is 12.5 Å². The molecule has 1 atom stereocenters. The van der Waals surface area contributed by atoms with Crippen molar-refractivity contribution in [2.75, 3.05) is 20.2 Å². The summed E-state index contributed by atoms with van der Waals surface area (Å²) < 4.78 is 5.49. The molecular formula is C19H17ClN2O3. The normalized spacial score (nSPS) is 19.0. The van der Waals surface area contributed by atoms with Crippen molar-refractivity contribution in [3.63, 3.8) is 0 Å². The predicted octanol–water partition coefficient (Wildman–Crippen LogP) is 2.83. The van der Waals surface area contributed by atoms with E-state index in [9.17, 15) is 9.59 Å². The lowest BCUT2D eigenvalue weighted by molar-refractivity contribution is 0.0636. The fourth-order valence-corrected chi connectivity index (χ4v) is 3.91. The maximum atomic E-state index is 12.6. The first kappa shape index (κ1) is 16.1. The highest BCUT2D eigenvalue weighted by molar-refractivity contribution is 6.31. The molecule has 2 aromatic carbocycles. The van der Waals surface area contributed by atoms with Crippen LogP contribution in [-0.2, 0) is 6.42 Å². The van der Waals surface area contributed by atoms with Crippen LogP contribution in [0, 0.1) is 0 Å². The summed E-state index contributed by atoms with van der Waals surface area (Å²) in [7, 11) is 1.61. The zero-order valence-corrected chi connectivity index (χ0v) is 14.5. The summed E-state index contributed by atoms with van der Waals surface area (Å²) >= 11 is 6.35. The molecule has 0 saturated carbocycles. The number of halogens is 1. The summed E-state index contributed by atoms with van der Waals surface area (Å²) in [6, 6.07) is 10.4. The molecule has 0 saturated heterocycles. The number of fused-ring (bicyclic) bond motifs is 2. The number of methoxy groups -OCH3 is 1. The zero-order valence-electron chi connectivity index (χ0n) is 13.7. The van der Waals surface area contributed by atoms with Crippen LogP contribution in [0.25, 0.3) is 0 Å². The standard InChI is InChI=1S/C19H17ClN2O3/c1-25-16-7-6-14(20)13-8-9-21-15(17(13)16)10-22-18(23)11-4-2-3-5-12(11)19(22)24/h2-7,15,21H,8-10H2,1H3. The summed E-state index contributed by atoms with van der Waals surface area (Å²) in [6.07, 6.45) is 0.782. The molecule has 2 aliphatic heterocycles. The van der Waals surface area contributed by atoms with E-state index in [1.807, 2.05) is 12.1 Å². The van der Waals surface area contributed by atoms with Crippen molar-refractivity contribution < 1.29 is 14.3 Å². The minimum absolute atomic E-state index is 0.209. The van der Waals surface area contributed by atoms with Gasteiger partial charge in [0.1, 0.15) is 5.75 Å². The van der Waals surface area contributed by atoms with Gasteiger partial charge in [0.2, 0.25) is 0 Å². The van der Waals surface area contributed by atoms with Crippen molar-refractivity contribution in [3.05, 3.63) is 63.7 Å². The van der Waals surface area contributed by atoms with Gasteiger partial charge in [0.25, 0.3) is 11.8 Å². The van der Waals surface area contributed by atoms with Crippen molar-refractivity contribution in [1.82, 2.24) is 10.2 Å². The molecule has 0 fully saturated rings. The second-order valence-corrected chi connectivity index (χ2v) is 6.57. The first-order chi connectivity index (χ1) is 12.1. The predicted molar refractivity (Wildman–Crippen MR) is 94.3 cm³/mol. The molecule has 0 aliphatic carbocycles. The Morgan fingerprint density at radius 3 is 2.48 bits per heavy atom. The molecule has 5 nitrogen and oxygen atoms in total. The first-order valence-corrected chi connectivity index (χ1v) is 8.53. The van der Waals surface area contributed by atoms with Gasteiger partial charge in [-0.25, -0.2) is 0 Å². The molecule has 0 spiro atoms. The number of imide groups is 1. The van der Waals surface area contributed by atoms with Gasteiger partial charge in [-0.3, -0.25) is 14.5 Å². The quantitative estimate of drug-likeness (QED) is 0.859. The SMILES string of the molecule is COc1ccc(Cl)c2c1C(CN1C(=O)c3ccccc3C1=O)NCC2. The lowest BCUT2D eigenvalue weighted by Gasteiger charge is -2.31. The van der Waals surface area contributed by atoms with Crippen LogP contribution >= 0.6 is 11.6 Å². The minimum Gasteiger partial charge on any atom is -0.496 e. The van der Waals surface area contributed by atoms with E-state index in [0.29, 0.717) is 21.9 Å². The molecule has 4 rings (SSSR count). The van der Waals surface area contributed by atoms with E-state index in [1.165, 1.54) is 4.90 Å². The second-order valence-electron chi connectivity index (χ2n) is 6.17. The third-order valence-corrected chi connectivity index (χ3v) is 5.19. The number of carbonyl (C=O) groups is 2. The Morgan fingerprint density at radius 1 is 1.16 bits per heavy atom. The van der Waals surface area contributed by atoms with Crippen molar-refractivity contribution in [2.24, 2.45) is 0 Å². The topological polar surface area (TPSA) is 58.6 Å². The fraction of sp³-hybridized carbons (Fsp3) is 0.263. The number of benzene rings is 2. The van der Waals surface area contributed by atoms with Crippen LogP contribution in [0.15, 0.2) is 36.4 Å². The Kier molecular flexibility index (Phi) is 3.98. The van der Waals surface area contributed by atoms with Gasteiger partial charge in [-0.1, -0.05) is 23.7 Å². The van der Waals surface area contributed by atoms with E-state index in [4.69, 9.17) is 16.3 Å². The van der Waals surface area contributed by atoms with E-state index in [0.717, 1.165) is 24.1 Å². The number of amides is 2. The zero-order chi connectivity index (χ0) is 17.6. The summed E-state index contributed by atoms with van der Waals surface area (Å²) in [5.74, 6) is 0.208. The smallest absolute Gasteiger partial charge is 0.261 e. The molecule has 0 radical (unpaired) electrons. The van der Waals surface area contributed by atoms with Crippen molar-refractivity contribution >= 4 is 23.4 Å². The number of rotatable bonds is 3. The van der Waals surface area contributed by atoms with Crippen LogP contribution in [0.4, 0.5) is 0 Å². The molecule has 25 heavy (non-hydrogen) atoms. The Balaban J connectivity index is 1.70. The van der Waals surface area contributed by atoms with E-state index in [1.54, 1.807) is 31.4 Å². The summed E-state index contributed by atoms with van der Waals surface area (Å²) in [5.41, 5.74) is 2.86. The largest absolute Gasteiger partial charge is 0.496 e. The Hall–Kier alpha value is -2.37. The maximum absolute atomic E-state index is 12.6. The van der Waals surface area contributed by atoms with Gasteiger partial charge in [-0.05, 0) is 42.8 Å². The summed E-state index contributed by atoms with van der Waals surface area (Å²) in [5, 5.41) is 4.07. The highest BCUT2D eigenvalue weighted by Gasteiger charge is 2.38. The van der Waals surface area contributed by atoms with Crippen LogP contribution in [0.2, 0.25) is 5.02 Å². The van der Waals surface area contributed by atoms with E-state index in [2.05, 4.69) is 5.32 Å². The van der Waals surface area contributed by atoms with Crippen LogP contribution in [0.5, 0.6) is 5.75 Å². The molecule has 2 aliphatic rings. The van der Waals surface area contributed by atoms with Gasteiger partial charge in [-0.15, -0.1) is 0 Å². The number of nitrogens with one attached hydrogen (secondary N) is 1. The van der Waals surface area contributed by atoms with E-state index < -0.39 is 0 Å². The third-order valence-electron chi connectivity index (χ3n) is 4.84. The Morgan fingerprint density at radius 2 is 1.84 bits per heavy atom. The molecule has 2 aromatic rings. The number of ether oxygens (including phenoxy) is 1. The average Bonchev–Trinajstić information content (AvgIpc) is 2.88. The van der Waals surface area contributed by atoms with Gasteiger partial charge >= 0.3 is 0 Å². The third kappa shape index (κ3) is 2.51. The van der Waals surface area contributed by atoms with E-state index in [-0.39, 0.29) is 24.4 Å². The Bertz CT molecular complexity index is 846. The Labute approximate surface area is 150 Å². The maximum Gasteiger partial charge on any atom is 0.261 e. The van der Waals surface area contributed by atoms with Gasteiger partial charge in [0, 0.05) is 17.1 Å². The lowest BCUT2D eigenvalue weighted by atomic mass is 9.92. The second kappa shape index (κ2) is 6.17. The number of nitrogens with zero attached hydrogens (tertiary/aromatic N) is 1. The molecule has 6 heteroatoms. The minimum atomic E-state index is -0.254. The monoisotopic (exact) mass is 356 g/mol. The van der Waals surface area contributed by atoms with Gasteiger partial charge in [0.05, 0.1) is 24.3 Å². The molecule has 0 bridgehead atoms. The number of hydrogen-bond acceptors (Lipinski definition) is 4. The highest BCUT2D eigenvalue weighted by Crippen LogP contribution is 2.37. The molecule has 128 valence electrons. The molecule has 2 amide bonds. The highest BCUT2D eigenvalue weighted by atomic mass is 35.5. The lowest BCUT2D eigenvalue weighted by Crippen LogP contribution is -2.41. The summed E-state index contributed by atoms with van der Waals surface area (Å²) in [4.78, 5) is 26.6. The molecular weight excluding hydrogens is 340 g/mol. The van der Waals surface area contributed by atoms with Crippen LogP contribution in [0.3, 0.4) is 0 Å². The first-order valence-electron chi connectivity index (χ1n) is 8.15. The number of carbonyl (C=O) groups excluding carboxylic acids is 2. The molecule has 0 aromatic heterocycles. The van der Waals surface area contributed by atoms with Crippen LogP contribution in [0.1, 0.15) is 37.9 Å². The molecule has 2 heterocycles. The van der Waals surface area contributed by atoms with Gasteiger partial charge < -0.3 is 10.1 Å². The summed E-state index contributed by atoms with van der Waals surface area (Å²) in [6.45, 7) is 0.976. The average molecular weight is 357 g/mol. The van der Waals surface area contributed by atoms with E-state index >= 15 is 0 Å². The van der Waals surface area contributed by atoms with Gasteiger partial charge in [0.15, 0.2) is 0 Å². The van der Waals surface area contributed by atoms with Crippen LogP contribution < -0.4 is 10.1 Å². The fourth-order valence-electron chi connectivity index (χ4n) is 3.65. The van der Waals surface area contributed by atoms with Gasteiger partial charge in [-0.2, -0.15) is 0 Å². The number of hydrogen-bond donors (Lipinski definition) is 1.